The number of carbonyl (C=O) groups excluding carboxylic acids is 2. The molecule has 0 spiro atoms. The maximum Gasteiger partial charge on any atom is 0.471 e. The highest BCUT2D eigenvalue weighted by Crippen LogP contribution is 2.38. The van der Waals surface area contributed by atoms with Crippen molar-refractivity contribution in [3.63, 3.8) is 0 Å². The molecule has 2 aromatic rings. The topological polar surface area (TPSA) is 102 Å². The molecule has 2 aromatic carbocycles. The van der Waals surface area contributed by atoms with Gasteiger partial charge in [-0.1, -0.05) is 31.2 Å². The van der Waals surface area contributed by atoms with E-state index in [0.717, 1.165) is 12.1 Å². The summed E-state index contributed by atoms with van der Waals surface area (Å²) >= 11 is 0. The molecule has 0 unspecified atom stereocenters. The molecule has 1 aliphatic rings. The van der Waals surface area contributed by atoms with Crippen LogP contribution in [0.3, 0.4) is 0 Å². The molecule has 196 valence electrons. The van der Waals surface area contributed by atoms with Crippen molar-refractivity contribution in [3.8, 4) is 16.9 Å². The average molecular weight is 535 g/mol. The largest absolute Gasteiger partial charge is 0.471 e. The van der Waals surface area contributed by atoms with Crippen molar-refractivity contribution in [2.75, 3.05) is 5.75 Å². The van der Waals surface area contributed by atoms with Gasteiger partial charge in [0, 0.05) is 11.1 Å². The van der Waals surface area contributed by atoms with Gasteiger partial charge in [-0.2, -0.15) is 21.6 Å². The summed E-state index contributed by atoms with van der Waals surface area (Å²) in [5, 5.41) is 4.08. The van der Waals surface area contributed by atoms with Crippen LogP contribution in [0.25, 0.3) is 11.1 Å². The molecule has 2 N–H and O–H groups in total. The van der Waals surface area contributed by atoms with Gasteiger partial charge in [0.05, 0.1) is 11.8 Å². The smallest absolute Gasteiger partial charge is 0.379 e. The van der Waals surface area contributed by atoms with E-state index in [0.29, 0.717) is 0 Å². The second kappa shape index (κ2) is 10.0. The van der Waals surface area contributed by atoms with Crippen molar-refractivity contribution in [3.05, 3.63) is 53.6 Å². The third kappa shape index (κ3) is 6.12. The van der Waals surface area contributed by atoms with Crippen LogP contribution in [0.1, 0.15) is 44.7 Å². The van der Waals surface area contributed by atoms with Gasteiger partial charge < -0.3 is 14.8 Å². The lowest BCUT2D eigenvalue weighted by Gasteiger charge is -2.22. The maximum absolute atomic E-state index is 15.0. The zero-order valence-corrected chi connectivity index (χ0v) is 20.0. The molecular formula is C23H23F5N2O5S. The number of hydrogen-bond donors (Lipinski definition) is 2. The molecule has 7 nitrogen and oxygen atoms in total. The second-order valence-electron chi connectivity index (χ2n) is 8.43. The van der Waals surface area contributed by atoms with E-state index in [1.54, 1.807) is 12.2 Å². The number of hydrogen-bond acceptors (Lipinski definition) is 5. The van der Waals surface area contributed by atoms with Crippen LogP contribution in [0.4, 0.5) is 22.0 Å². The lowest BCUT2D eigenvalue weighted by molar-refractivity contribution is -0.175. The van der Waals surface area contributed by atoms with E-state index in [1.807, 2.05) is 0 Å². The predicted octanol–water partition coefficient (Wildman–Crippen LogP) is 4.14. The minimum Gasteiger partial charge on any atom is -0.379 e. The molecule has 36 heavy (non-hydrogen) atoms. The van der Waals surface area contributed by atoms with E-state index in [4.69, 9.17) is 4.18 Å². The highest BCUT2D eigenvalue weighted by molar-refractivity contribution is 7.87. The molecule has 2 amide bonds. The van der Waals surface area contributed by atoms with E-state index >= 15 is 0 Å². The van der Waals surface area contributed by atoms with Crippen molar-refractivity contribution < 1.29 is 44.1 Å². The number of alkyl halides is 3. The number of halogens is 5. The molecule has 1 fully saturated rings. The van der Waals surface area contributed by atoms with Gasteiger partial charge in [0.1, 0.15) is 11.4 Å². The Labute approximate surface area is 204 Å². The SMILES string of the molecule is CCCS(=O)(=O)Oc1c(F)cccc1-c1ccc([C@@H](C)NC(=O)C2(NC(=O)C(F)(F)F)CC2)c(F)c1. The summed E-state index contributed by atoms with van der Waals surface area (Å²) in [6, 6.07) is 6.24. The summed E-state index contributed by atoms with van der Waals surface area (Å²) in [4.78, 5) is 23.7. The Morgan fingerprint density at radius 2 is 1.78 bits per heavy atom. The molecule has 1 atom stereocenters. The molecule has 1 aliphatic carbocycles. The molecule has 1 saturated carbocycles. The normalized spacial score (nSPS) is 15.6. The van der Waals surface area contributed by atoms with Gasteiger partial charge in [-0.05, 0) is 43.9 Å². The fourth-order valence-electron chi connectivity index (χ4n) is 3.52. The van der Waals surface area contributed by atoms with Gasteiger partial charge in [-0.25, -0.2) is 8.78 Å². The zero-order chi connectivity index (χ0) is 26.9. The Morgan fingerprint density at radius 1 is 1.11 bits per heavy atom. The number of nitrogens with one attached hydrogen (secondary N) is 2. The predicted molar refractivity (Wildman–Crippen MR) is 119 cm³/mol. The Morgan fingerprint density at radius 3 is 2.33 bits per heavy atom. The average Bonchev–Trinajstić information content (AvgIpc) is 3.55. The zero-order valence-electron chi connectivity index (χ0n) is 19.2. The van der Waals surface area contributed by atoms with Gasteiger partial charge in [-0.15, -0.1) is 0 Å². The Bertz CT molecular complexity index is 1280. The standard InChI is InChI=1S/C23H23F5N2O5S/c1-3-11-36(33,34)35-19-16(5-4-6-17(19)24)14-7-8-15(18(25)12-14)13(2)29-20(31)22(9-10-22)30-21(32)23(26,27)28/h4-8,12-13H,3,9-11H2,1-2H3,(H,29,31)(H,30,32)/t13-/m1/s1. The molecule has 13 heteroatoms. The molecule has 0 aromatic heterocycles. The molecule has 0 bridgehead atoms. The van der Waals surface area contributed by atoms with E-state index in [2.05, 4.69) is 5.32 Å². The lowest BCUT2D eigenvalue weighted by Crippen LogP contribution is -2.53. The molecule has 3 rings (SSSR count). The minimum atomic E-state index is -5.15. The van der Waals surface area contributed by atoms with Crippen LogP contribution in [0.2, 0.25) is 0 Å². The number of para-hydroxylation sites is 1. The van der Waals surface area contributed by atoms with E-state index in [-0.39, 0.29) is 41.7 Å². The van der Waals surface area contributed by atoms with Crippen molar-refractivity contribution in [2.45, 2.75) is 50.9 Å². The van der Waals surface area contributed by atoms with Crippen LogP contribution < -0.4 is 14.8 Å². The molecular weight excluding hydrogens is 511 g/mol. The molecule has 0 heterocycles. The van der Waals surface area contributed by atoms with Crippen molar-refractivity contribution in [2.24, 2.45) is 0 Å². The van der Waals surface area contributed by atoms with Crippen molar-refractivity contribution in [1.29, 1.82) is 0 Å². The first kappa shape index (κ1) is 27.4. The first-order valence-corrected chi connectivity index (χ1v) is 12.5. The fraction of sp³-hybridized carbons (Fsp3) is 0.391. The van der Waals surface area contributed by atoms with Crippen LogP contribution in [-0.4, -0.2) is 37.7 Å². The Kier molecular flexibility index (Phi) is 7.63. The number of amides is 2. The summed E-state index contributed by atoms with van der Waals surface area (Å²) in [5.74, 6) is -5.89. The number of rotatable bonds is 9. The van der Waals surface area contributed by atoms with Crippen LogP contribution in [0.5, 0.6) is 5.75 Å². The fourth-order valence-corrected chi connectivity index (χ4v) is 4.53. The van der Waals surface area contributed by atoms with Crippen LogP contribution in [0, 0.1) is 11.6 Å². The van der Waals surface area contributed by atoms with E-state index in [1.165, 1.54) is 31.2 Å². The summed E-state index contributed by atoms with van der Waals surface area (Å²) in [6.07, 6.45) is -4.92. The third-order valence-electron chi connectivity index (χ3n) is 5.55. The third-order valence-corrected chi connectivity index (χ3v) is 6.88. The van der Waals surface area contributed by atoms with Gasteiger partial charge in [-0.3, -0.25) is 9.59 Å². The first-order valence-electron chi connectivity index (χ1n) is 10.9. The number of benzene rings is 2. The van der Waals surface area contributed by atoms with E-state index in [9.17, 15) is 40.0 Å². The van der Waals surface area contributed by atoms with Crippen molar-refractivity contribution >= 4 is 21.9 Å². The quantitative estimate of drug-likeness (QED) is 0.372. The molecule has 0 radical (unpaired) electrons. The summed E-state index contributed by atoms with van der Waals surface area (Å²) < 4.78 is 96.1. The first-order chi connectivity index (χ1) is 16.7. The van der Waals surface area contributed by atoms with Gasteiger partial charge in [0.15, 0.2) is 11.6 Å². The van der Waals surface area contributed by atoms with Crippen molar-refractivity contribution in [1.82, 2.24) is 10.6 Å². The summed E-state index contributed by atoms with van der Waals surface area (Å²) in [5.41, 5.74) is -1.69. The van der Waals surface area contributed by atoms with Crippen LogP contribution in [0.15, 0.2) is 36.4 Å². The van der Waals surface area contributed by atoms with Gasteiger partial charge in [0.2, 0.25) is 5.91 Å². The Hall–Kier alpha value is -3.22. The summed E-state index contributed by atoms with van der Waals surface area (Å²) in [7, 11) is -4.09. The van der Waals surface area contributed by atoms with Crippen LogP contribution in [-0.2, 0) is 19.7 Å². The van der Waals surface area contributed by atoms with Gasteiger partial charge in [0.25, 0.3) is 0 Å². The minimum absolute atomic E-state index is 0.00190. The van der Waals surface area contributed by atoms with Gasteiger partial charge >= 0.3 is 22.2 Å². The molecule has 0 aliphatic heterocycles. The maximum atomic E-state index is 15.0. The second-order valence-corrected chi connectivity index (χ2v) is 10.1. The highest BCUT2D eigenvalue weighted by Gasteiger charge is 2.55. The molecule has 0 saturated heterocycles. The van der Waals surface area contributed by atoms with Crippen LogP contribution >= 0.6 is 0 Å². The van der Waals surface area contributed by atoms with E-state index < -0.39 is 57.1 Å². The number of carbonyl (C=O) groups is 2. The highest BCUT2D eigenvalue weighted by atomic mass is 32.2. The summed E-state index contributed by atoms with van der Waals surface area (Å²) in [6.45, 7) is 3.00. The lowest BCUT2D eigenvalue weighted by atomic mass is 9.99. The Balaban J connectivity index is 1.81. The monoisotopic (exact) mass is 534 g/mol.